The second-order valence-corrected chi connectivity index (χ2v) is 8.13. The van der Waals surface area contributed by atoms with Crippen LogP contribution in [0.1, 0.15) is 35.3 Å². The first-order chi connectivity index (χ1) is 16.3. The Morgan fingerprint density at radius 1 is 1.18 bits per heavy atom. The van der Waals surface area contributed by atoms with Gasteiger partial charge in [0.25, 0.3) is 5.91 Å². The number of ether oxygens (including phenoxy) is 1. The molecule has 1 heterocycles. The zero-order chi connectivity index (χ0) is 24.5. The topological polar surface area (TPSA) is 120 Å². The molecule has 0 aromatic heterocycles. The van der Waals surface area contributed by atoms with Crippen LogP contribution in [0.3, 0.4) is 0 Å². The van der Waals surface area contributed by atoms with Crippen molar-refractivity contribution in [1.82, 2.24) is 10.2 Å². The van der Waals surface area contributed by atoms with Crippen LogP contribution in [0.25, 0.3) is 6.08 Å². The average Bonchev–Trinajstić information content (AvgIpc) is 3.28. The van der Waals surface area contributed by atoms with E-state index in [-0.39, 0.29) is 18.4 Å². The van der Waals surface area contributed by atoms with Crippen LogP contribution in [-0.4, -0.2) is 53.6 Å². The molecule has 1 aliphatic rings. The molecule has 0 spiro atoms. The van der Waals surface area contributed by atoms with Gasteiger partial charge in [0.15, 0.2) is 0 Å². The lowest BCUT2D eigenvalue weighted by Gasteiger charge is -2.19. The van der Waals surface area contributed by atoms with E-state index in [1.165, 1.54) is 11.0 Å². The summed E-state index contributed by atoms with van der Waals surface area (Å²) in [6, 6.07) is 14.1. The highest BCUT2D eigenvalue weighted by molar-refractivity contribution is 6.04. The number of amides is 2. The Morgan fingerprint density at radius 2 is 1.97 bits per heavy atom. The number of nitrogens with zero attached hydrogens (tertiary/aromatic N) is 2. The number of nitrogens with one attached hydrogen (secondary N) is 2. The van der Waals surface area contributed by atoms with Crippen molar-refractivity contribution in [1.29, 1.82) is 0 Å². The summed E-state index contributed by atoms with van der Waals surface area (Å²) in [4.78, 5) is 41.5. The van der Waals surface area contributed by atoms with Crippen molar-refractivity contribution < 1.29 is 24.2 Å². The fourth-order valence-corrected chi connectivity index (χ4v) is 3.17. The lowest BCUT2D eigenvalue weighted by molar-refractivity contribution is -0.131. The van der Waals surface area contributed by atoms with E-state index in [4.69, 9.17) is 9.84 Å². The molecular formula is C25H28N4O5. The molecule has 0 saturated carbocycles. The van der Waals surface area contributed by atoms with Gasteiger partial charge in [-0.15, -0.1) is 0 Å². The largest absolute Gasteiger partial charge is 0.478 e. The molecule has 0 fully saturated rings. The highest BCUT2D eigenvalue weighted by Crippen LogP contribution is 2.15. The van der Waals surface area contributed by atoms with Gasteiger partial charge in [0.2, 0.25) is 5.96 Å². The molecule has 0 bridgehead atoms. The quantitative estimate of drug-likeness (QED) is 0.514. The molecule has 0 aliphatic carbocycles. The molecule has 3 N–H and O–H groups in total. The molecule has 2 aromatic carbocycles. The summed E-state index contributed by atoms with van der Waals surface area (Å²) in [6.45, 7) is 5.45. The zero-order valence-electron chi connectivity index (χ0n) is 19.2. The molecule has 2 aromatic rings. The van der Waals surface area contributed by atoms with Crippen LogP contribution in [0, 0.1) is 5.92 Å². The van der Waals surface area contributed by atoms with Gasteiger partial charge in [0.05, 0.1) is 19.7 Å². The van der Waals surface area contributed by atoms with Gasteiger partial charge in [-0.25, -0.2) is 14.5 Å². The first kappa shape index (κ1) is 24.5. The Bertz CT molecular complexity index is 1110. The number of hydrogen-bond acceptors (Lipinski definition) is 6. The molecule has 1 aliphatic heterocycles. The fraction of sp³-hybridized carbons (Fsp3) is 0.280. The van der Waals surface area contributed by atoms with E-state index in [2.05, 4.69) is 15.6 Å². The minimum atomic E-state index is -1.02. The number of carboxylic acid groups (broad SMARTS) is 1. The van der Waals surface area contributed by atoms with Crippen molar-refractivity contribution in [3.63, 3.8) is 0 Å². The van der Waals surface area contributed by atoms with Crippen molar-refractivity contribution >= 4 is 35.7 Å². The van der Waals surface area contributed by atoms with Gasteiger partial charge in [-0.1, -0.05) is 38.1 Å². The van der Waals surface area contributed by atoms with Gasteiger partial charge in [0, 0.05) is 23.9 Å². The summed E-state index contributed by atoms with van der Waals surface area (Å²) < 4.78 is 5.30. The molecule has 34 heavy (non-hydrogen) atoms. The van der Waals surface area contributed by atoms with Gasteiger partial charge in [-0.05, 0) is 47.4 Å². The van der Waals surface area contributed by atoms with E-state index in [9.17, 15) is 14.4 Å². The SMILES string of the molecule is CC(C)COC(=O)N1CCN=C1Nc1cccc(C(=O)NCc2cccc(/C=C/C(=O)O)c2)c1. The van der Waals surface area contributed by atoms with Gasteiger partial charge >= 0.3 is 12.1 Å². The third kappa shape index (κ3) is 7.19. The minimum absolute atomic E-state index is 0.235. The summed E-state index contributed by atoms with van der Waals surface area (Å²) in [7, 11) is 0. The molecule has 3 rings (SSSR count). The lowest BCUT2D eigenvalue weighted by Crippen LogP contribution is -2.39. The third-order valence-electron chi connectivity index (χ3n) is 4.80. The molecular weight excluding hydrogens is 436 g/mol. The maximum absolute atomic E-state index is 12.7. The van der Waals surface area contributed by atoms with Crippen LogP contribution in [0.5, 0.6) is 0 Å². The van der Waals surface area contributed by atoms with Crippen molar-refractivity contribution in [3.8, 4) is 0 Å². The molecule has 0 unspecified atom stereocenters. The summed E-state index contributed by atoms with van der Waals surface area (Å²) in [5.41, 5.74) is 2.63. The maximum Gasteiger partial charge on any atom is 0.416 e. The Hall–Kier alpha value is -4.14. The van der Waals surface area contributed by atoms with E-state index >= 15 is 0 Å². The minimum Gasteiger partial charge on any atom is -0.478 e. The van der Waals surface area contributed by atoms with Crippen molar-refractivity contribution in [3.05, 3.63) is 71.3 Å². The van der Waals surface area contributed by atoms with Crippen LogP contribution < -0.4 is 10.6 Å². The van der Waals surface area contributed by atoms with E-state index < -0.39 is 12.1 Å². The normalized spacial score (nSPS) is 13.1. The first-order valence-corrected chi connectivity index (χ1v) is 11.0. The van der Waals surface area contributed by atoms with Crippen LogP contribution in [-0.2, 0) is 16.1 Å². The number of carbonyl (C=O) groups is 3. The number of anilines is 1. The molecule has 9 heteroatoms. The fourth-order valence-electron chi connectivity index (χ4n) is 3.17. The standard InChI is InChI=1S/C25H28N4O5/c1-17(2)16-34-25(33)29-12-11-26-24(29)28-21-8-4-7-20(14-21)23(32)27-15-19-6-3-5-18(13-19)9-10-22(30)31/h3-10,13-14,17H,11-12,15-16H2,1-2H3,(H,26,28)(H,27,32)(H,30,31)/b10-9+. The molecule has 0 atom stereocenters. The smallest absolute Gasteiger partial charge is 0.416 e. The number of hydrogen-bond donors (Lipinski definition) is 3. The van der Waals surface area contributed by atoms with E-state index in [1.54, 1.807) is 36.4 Å². The molecule has 2 amide bonds. The number of benzene rings is 2. The van der Waals surface area contributed by atoms with E-state index in [0.29, 0.717) is 36.9 Å². The number of carboxylic acids is 1. The number of carbonyl (C=O) groups excluding carboxylic acids is 2. The van der Waals surface area contributed by atoms with Crippen molar-refractivity contribution in [2.45, 2.75) is 20.4 Å². The van der Waals surface area contributed by atoms with Gasteiger partial charge in [0.1, 0.15) is 0 Å². The Labute approximate surface area is 198 Å². The van der Waals surface area contributed by atoms with Crippen molar-refractivity contribution in [2.75, 3.05) is 25.0 Å². The Kier molecular flexibility index (Phi) is 8.39. The molecule has 178 valence electrons. The Balaban J connectivity index is 1.60. The van der Waals surface area contributed by atoms with Crippen LogP contribution >= 0.6 is 0 Å². The number of rotatable bonds is 8. The van der Waals surface area contributed by atoms with Crippen LogP contribution in [0.2, 0.25) is 0 Å². The number of aliphatic imine (C=N–C) groups is 1. The second kappa shape index (κ2) is 11.6. The monoisotopic (exact) mass is 464 g/mol. The maximum atomic E-state index is 12.7. The number of guanidine groups is 1. The summed E-state index contributed by atoms with van der Waals surface area (Å²) in [5.74, 6) is -0.667. The first-order valence-electron chi connectivity index (χ1n) is 11.0. The lowest BCUT2D eigenvalue weighted by atomic mass is 10.1. The highest BCUT2D eigenvalue weighted by Gasteiger charge is 2.25. The van der Waals surface area contributed by atoms with Gasteiger partial charge < -0.3 is 20.5 Å². The van der Waals surface area contributed by atoms with E-state index in [0.717, 1.165) is 17.2 Å². The van der Waals surface area contributed by atoms with Crippen LogP contribution in [0.15, 0.2) is 59.6 Å². The predicted molar refractivity (Wildman–Crippen MR) is 130 cm³/mol. The number of aliphatic carboxylic acids is 1. The zero-order valence-corrected chi connectivity index (χ0v) is 19.2. The highest BCUT2D eigenvalue weighted by atomic mass is 16.6. The van der Waals surface area contributed by atoms with Gasteiger partial charge in [-0.2, -0.15) is 0 Å². The summed E-state index contributed by atoms with van der Waals surface area (Å²) in [6.07, 6.45) is 2.11. The third-order valence-corrected chi connectivity index (χ3v) is 4.80. The van der Waals surface area contributed by atoms with Crippen LogP contribution in [0.4, 0.5) is 10.5 Å². The molecule has 0 saturated heterocycles. The average molecular weight is 465 g/mol. The molecule has 0 radical (unpaired) electrons. The van der Waals surface area contributed by atoms with Crippen molar-refractivity contribution in [2.24, 2.45) is 10.9 Å². The Morgan fingerprint density at radius 3 is 2.74 bits per heavy atom. The molecule has 9 nitrogen and oxygen atoms in total. The van der Waals surface area contributed by atoms with Gasteiger partial charge in [-0.3, -0.25) is 9.79 Å². The predicted octanol–water partition coefficient (Wildman–Crippen LogP) is 3.59. The second-order valence-electron chi connectivity index (χ2n) is 8.13. The van der Waals surface area contributed by atoms with E-state index in [1.807, 2.05) is 26.0 Å². The summed E-state index contributed by atoms with van der Waals surface area (Å²) >= 11 is 0. The summed E-state index contributed by atoms with van der Waals surface area (Å²) in [5, 5.41) is 14.7.